The molecule has 0 fully saturated rings. The van der Waals surface area contributed by atoms with Gasteiger partial charge in [0.2, 0.25) is 0 Å². The Hall–Kier alpha value is -2.60. The number of methoxy groups -OCH3 is 2. The highest BCUT2D eigenvalue weighted by atomic mass is 32.1. The van der Waals surface area contributed by atoms with Crippen LogP contribution in [-0.2, 0) is 7.05 Å². The van der Waals surface area contributed by atoms with Crippen LogP contribution < -0.4 is 14.3 Å². The van der Waals surface area contributed by atoms with Crippen LogP contribution in [0, 0.1) is 13.8 Å². The molecule has 0 spiro atoms. The second-order valence-electron chi connectivity index (χ2n) is 5.86. The molecule has 2 aromatic carbocycles. The molecule has 0 saturated carbocycles. The summed E-state index contributed by atoms with van der Waals surface area (Å²) in [5.74, 6) is 0.712. The van der Waals surface area contributed by atoms with Gasteiger partial charge in [-0.05, 0) is 49.2 Å². The van der Waals surface area contributed by atoms with Crippen LogP contribution in [0.4, 0.5) is 0 Å². The van der Waals surface area contributed by atoms with E-state index in [9.17, 15) is 4.79 Å². The van der Waals surface area contributed by atoms with Crippen molar-refractivity contribution in [2.24, 2.45) is 12.0 Å². The molecule has 130 valence electrons. The molecule has 0 atom stereocenters. The fourth-order valence-electron chi connectivity index (χ4n) is 2.80. The zero-order chi connectivity index (χ0) is 18.1. The predicted molar refractivity (Wildman–Crippen MR) is 99.7 cm³/mol. The minimum atomic E-state index is -0.354. The number of ether oxygens (including phenoxy) is 2. The molecule has 0 aliphatic rings. The molecule has 1 aromatic heterocycles. The third-order valence-corrected chi connectivity index (χ3v) is 5.36. The van der Waals surface area contributed by atoms with Crippen LogP contribution in [-0.4, -0.2) is 24.7 Å². The third kappa shape index (κ3) is 3.17. The van der Waals surface area contributed by atoms with Crippen molar-refractivity contribution in [3.8, 4) is 11.5 Å². The highest BCUT2D eigenvalue weighted by Crippen LogP contribution is 2.25. The molecule has 3 aromatic rings. The van der Waals surface area contributed by atoms with Crippen molar-refractivity contribution in [3.63, 3.8) is 0 Å². The summed E-state index contributed by atoms with van der Waals surface area (Å²) in [6, 6.07) is 9.35. The lowest BCUT2D eigenvalue weighted by molar-refractivity contribution is 0.0994. The smallest absolute Gasteiger partial charge is 0.283 e. The van der Waals surface area contributed by atoms with E-state index in [2.05, 4.69) is 31.0 Å². The van der Waals surface area contributed by atoms with Gasteiger partial charge < -0.3 is 14.0 Å². The first kappa shape index (κ1) is 17.2. The maximum absolute atomic E-state index is 12.7. The van der Waals surface area contributed by atoms with Gasteiger partial charge in [0.1, 0.15) is 11.5 Å². The number of rotatable bonds is 3. The molecule has 0 bridgehead atoms. The Labute approximate surface area is 150 Å². The molecule has 0 saturated heterocycles. The Bertz CT molecular complexity index is 1030. The van der Waals surface area contributed by atoms with Crippen LogP contribution >= 0.6 is 11.3 Å². The topological polar surface area (TPSA) is 52.8 Å². The summed E-state index contributed by atoms with van der Waals surface area (Å²) in [7, 11) is 5.01. The van der Waals surface area contributed by atoms with Crippen molar-refractivity contribution in [3.05, 3.63) is 51.8 Å². The normalized spacial score (nSPS) is 11.8. The molecule has 0 N–H and O–H groups in total. The van der Waals surface area contributed by atoms with Crippen LogP contribution in [0.1, 0.15) is 21.5 Å². The van der Waals surface area contributed by atoms with Crippen molar-refractivity contribution in [1.82, 2.24) is 4.57 Å². The van der Waals surface area contributed by atoms with E-state index in [-0.39, 0.29) is 5.91 Å². The summed E-state index contributed by atoms with van der Waals surface area (Å²) in [4.78, 5) is 17.7. The summed E-state index contributed by atoms with van der Waals surface area (Å²) in [5.41, 5.74) is 3.83. The van der Waals surface area contributed by atoms with E-state index in [0.29, 0.717) is 21.9 Å². The molecule has 6 heteroatoms. The summed E-state index contributed by atoms with van der Waals surface area (Å²) in [5, 5.41) is 0. The van der Waals surface area contributed by atoms with E-state index in [0.717, 1.165) is 10.2 Å². The minimum absolute atomic E-state index is 0.354. The first-order valence-electron chi connectivity index (χ1n) is 7.82. The van der Waals surface area contributed by atoms with E-state index in [4.69, 9.17) is 9.47 Å². The second-order valence-corrected chi connectivity index (χ2v) is 6.83. The molecule has 1 amide bonds. The second kappa shape index (κ2) is 6.72. The number of benzene rings is 2. The van der Waals surface area contributed by atoms with Gasteiger partial charge in [-0.2, -0.15) is 4.99 Å². The average Bonchev–Trinajstić information content (AvgIpc) is 2.91. The molecule has 0 aliphatic heterocycles. The fraction of sp³-hybridized carbons (Fsp3) is 0.263. The van der Waals surface area contributed by atoms with Gasteiger partial charge in [-0.3, -0.25) is 4.79 Å². The van der Waals surface area contributed by atoms with Crippen LogP contribution in [0.5, 0.6) is 11.5 Å². The van der Waals surface area contributed by atoms with E-state index in [1.54, 1.807) is 25.3 Å². The Morgan fingerprint density at radius 3 is 2.56 bits per heavy atom. The summed E-state index contributed by atoms with van der Waals surface area (Å²) >= 11 is 1.51. The third-order valence-electron chi connectivity index (χ3n) is 4.08. The van der Waals surface area contributed by atoms with Crippen LogP contribution in [0.3, 0.4) is 0 Å². The Morgan fingerprint density at radius 2 is 1.88 bits per heavy atom. The highest BCUT2D eigenvalue weighted by Gasteiger charge is 2.14. The number of amides is 1. The van der Waals surface area contributed by atoms with E-state index in [1.807, 2.05) is 11.6 Å². The SMILES string of the molecule is COc1ccc(OC)c(C(=O)N=c2sc3c(C)cc(C)cc3n2C)c1. The van der Waals surface area contributed by atoms with Gasteiger partial charge in [-0.1, -0.05) is 17.4 Å². The number of aryl methyl sites for hydroxylation is 3. The van der Waals surface area contributed by atoms with Gasteiger partial charge in [0.25, 0.3) is 5.91 Å². The highest BCUT2D eigenvalue weighted by molar-refractivity contribution is 7.16. The van der Waals surface area contributed by atoms with Gasteiger partial charge in [0.15, 0.2) is 4.80 Å². The summed E-state index contributed by atoms with van der Waals surface area (Å²) in [6.45, 7) is 4.13. The molecule has 0 radical (unpaired) electrons. The number of nitrogens with zero attached hydrogens (tertiary/aromatic N) is 2. The van der Waals surface area contributed by atoms with Gasteiger partial charge in [0, 0.05) is 7.05 Å². The lowest BCUT2D eigenvalue weighted by Gasteiger charge is -2.07. The quantitative estimate of drug-likeness (QED) is 0.720. The monoisotopic (exact) mass is 356 g/mol. The Kier molecular flexibility index (Phi) is 4.63. The van der Waals surface area contributed by atoms with Gasteiger partial charge in [0.05, 0.1) is 30.0 Å². The number of thiazole rings is 1. The number of hydrogen-bond acceptors (Lipinski definition) is 4. The Morgan fingerprint density at radius 1 is 1.12 bits per heavy atom. The van der Waals surface area contributed by atoms with Gasteiger partial charge in [-0.15, -0.1) is 0 Å². The van der Waals surface area contributed by atoms with Crippen LogP contribution in [0.2, 0.25) is 0 Å². The molecule has 1 heterocycles. The molecule has 3 rings (SSSR count). The van der Waals surface area contributed by atoms with Gasteiger partial charge >= 0.3 is 0 Å². The first-order chi connectivity index (χ1) is 11.9. The number of fused-ring (bicyclic) bond motifs is 1. The van der Waals surface area contributed by atoms with E-state index in [1.165, 1.54) is 29.6 Å². The number of carbonyl (C=O) groups excluding carboxylic acids is 1. The standard InChI is InChI=1S/C19H20N2O3S/c1-11-8-12(2)17-15(9-11)21(3)19(25-17)20-18(22)14-10-13(23-4)6-7-16(14)24-5/h6-10H,1-5H3. The zero-order valence-corrected chi connectivity index (χ0v) is 15.7. The lowest BCUT2D eigenvalue weighted by atomic mass is 10.1. The Balaban J connectivity index is 2.16. The number of carbonyl (C=O) groups is 1. The largest absolute Gasteiger partial charge is 0.497 e. The van der Waals surface area contributed by atoms with Crippen LogP contribution in [0.15, 0.2) is 35.3 Å². The summed E-state index contributed by atoms with van der Waals surface area (Å²) < 4.78 is 13.6. The molecule has 5 nitrogen and oxygen atoms in total. The molecular weight excluding hydrogens is 336 g/mol. The lowest BCUT2D eigenvalue weighted by Crippen LogP contribution is -2.13. The average molecular weight is 356 g/mol. The molecular formula is C19H20N2O3S. The van der Waals surface area contributed by atoms with E-state index >= 15 is 0 Å². The fourth-order valence-corrected chi connectivity index (χ4v) is 3.87. The minimum Gasteiger partial charge on any atom is -0.497 e. The molecule has 0 unspecified atom stereocenters. The van der Waals surface area contributed by atoms with Crippen molar-refractivity contribution >= 4 is 27.5 Å². The number of hydrogen-bond donors (Lipinski definition) is 0. The van der Waals surface area contributed by atoms with Crippen LogP contribution in [0.25, 0.3) is 10.2 Å². The predicted octanol–water partition coefficient (Wildman–Crippen LogP) is 3.61. The van der Waals surface area contributed by atoms with Crippen molar-refractivity contribution in [2.45, 2.75) is 13.8 Å². The van der Waals surface area contributed by atoms with Crippen molar-refractivity contribution in [1.29, 1.82) is 0 Å². The first-order valence-corrected chi connectivity index (χ1v) is 8.64. The maximum Gasteiger partial charge on any atom is 0.283 e. The zero-order valence-electron chi connectivity index (χ0n) is 14.9. The van der Waals surface area contributed by atoms with Crippen molar-refractivity contribution in [2.75, 3.05) is 14.2 Å². The molecule has 25 heavy (non-hydrogen) atoms. The summed E-state index contributed by atoms with van der Waals surface area (Å²) in [6.07, 6.45) is 0. The van der Waals surface area contributed by atoms with Gasteiger partial charge in [-0.25, -0.2) is 0 Å². The maximum atomic E-state index is 12.7. The van der Waals surface area contributed by atoms with E-state index < -0.39 is 0 Å². The number of aromatic nitrogens is 1. The molecule has 0 aliphatic carbocycles. The van der Waals surface area contributed by atoms with Crippen molar-refractivity contribution < 1.29 is 14.3 Å².